The zero-order valence-corrected chi connectivity index (χ0v) is 14.0. The smallest absolute Gasteiger partial charge is 0.319 e. The first kappa shape index (κ1) is 17.0. The summed E-state index contributed by atoms with van der Waals surface area (Å²) < 4.78 is 13.0. The Bertz CT molecular complexity index is 776. The van der Waals surface area contributed by atoms with Gasteiger partial charge >= 0.3 is 6.03 Å². The molecule has 25 heavy (non-hydrogen) atoms. The van der Waals surface area contributed by atoms with E-state index in [1.807, 2.05) is 31.2 Å². The van der Waals surface area contributed by atoms with Gasteiger partial charge in [0.25, 0.3) is 0 Å². The molecular formula is C19H20FN3O2. The Labute approximate surface area is 145 Å². The minimum absolute atomic E-state index is 0.189. The van der Waals surface area contributed by atoms with Gasteiger partial charge in [-0.15, -0.1) is 0 Å². The second-order valence-electron chi connectivity index (χ2n) is 5.92. The summed E-state index contributed by atoms with van der Waals surface area (Å²) >= 11 is 0. The number of amides is 3. The molecule has 2 aromatic carbocycles. The van der Waals surface area contributed by atoms with E-state index in [4.69, 9.17) is 0 Å². The second kappa shape index (κ2) is 7.34. The minimum atomic E-state index is -0.584. The lowest BCUT2D eigenvalue weighted by molar-refractivity contribution is -0.118. The Kier molecular flexibility index (Phi) is 4.97. The van der Waals surface area contributed by atoms with Crippen molar-refractivity contribution in [1.82, 2.24) is 5.32 Å². The van der Waals surface area contributed by atoms with Crippen LogP contribution >= 0.6 is 0 Å². The van der Waals surface area contributed by atoms with E-state index in [-0.39, 0.29) is 11.7 Å². The van der Waals surface area contributed by atoms with Crippen LogP contribution in [0, 0.1) is 5.82 Å². The third-order valence-electron chi connectivity index (χ3n) is 4.30. The van der Waals surface area contributed by atoms with Crippen LogP contribution in [0.15, 0.2) is 48.5 Å². The van der Waals surface area contributed by atoms with Crippen LogP contribution in [0.3, 0.4) is 0 Å². The van der Waals surface area contributed by atoms with E-state index in [0.29, 0.717) is 18.7 Å². The van der Waals surface area contributed by atoms with Gasteiger partial charge in [-0.2, -0.15) is 0 Å². The van der Waals surface area contributed by atoms with Crippen molar-refractivity contribution >= 4 is 23.3 Å². The van der Waals surface area contributed by atoms with Gasteiger partial charge in [-0.05, 0) is 48.7 Å². The minimum Gasteiger partial charge on any atom is -0.326 e. The molecule has 0 aromatic heterocycles. The van der Waals surface area contributed by atoms with Gasteiger partial charge < -0.3 is 15.5 Å². The number of carbonyl (C=O) groups is 2. The van der Waals surface area contributed by atoms with Crippen LogP contribution in [0.5, 0.6) is 0 Å². The molecule has 1 fully saturated rings. The number of hydrogen-bond donors (Lipinski definition) is 2. The number of hydrogen-bond acceptors (Lipinski definition) is 2. The average Bonchev–Trinajstić information content (AvgIpc) is 2.97. The summed E-state index contributed by atoms with van der Waals surface area (Å²) in [5.41, 5.74) is 2.40. The van der Waals surface area contributed by atoms with Crippen LogP contribution in [-0.4, -0.2) is 24.5 Å². The standard InChI is InChI=1S/C19H20FN3O2/c1-2-13-5-3-4-6-16(13)21-19(25)22-17-11-12-23(18(17)24)15-9-7-14(20)8-10-15/h3-10,17H,2,11-12H2,1H3,(H2,21,22,25). The van der Waals surface area contributed by atoms with Crippen LogP contribution < -0.4 is 15.5 Å². The predicted octanol–water partition coefficient (Wildman–Crippen LogP) is 3.32. The SMILES string of the molecule is CCc1ccccc1NC(=O)NC1CCN(c2ccc(F)cc2)C1=O. The monoisotopic (exact) mass is 341 g/mol. The maximum Gasteiger partial charge on any atom is 0.319 e. The molecule has 2 aromatic rings. The van der Waals surface area contributed by atoms with E-state index in [1.54, 1.807) is 17.0 Å². The molecule has 0 saturated carbocycles. The second-order valence-corrected chi connectivity index (χ2v) is 5.92. The van der Waals surface area contributed by atoms with E-state index in [9.17, 15) is 14.0 Å². The van der Waals surface area contributed by atoms with Crippen LogP contribution in [-0.2, 0) is 11.2 Å². The normalized spacial score (nSPS) is 16.8. The molecule has 0 bridgehead atoms. The number of rotatable bonds is 4. The lowest BCUT2D eigenvalue weighted by Gasteiger charge is -2.17. The van der Waals surface area contributed by atoms with Crippen molar-refractivity contribution in [3.63, 3.8) is 0 Å². The fraction of sp³-hybridized carbons (Fsp3) is 0.263. The topological polar surface area (TPSA) is 61.4 Å². The summed E-state index contributed by atoms with van der Waals surface area (Å²) in [4.78, 5) is 26.3. The lowest BCUT2D eigenvalue weighted by atomic mass is 10.1. The van der Waals surface area contributed by atoms with Crippen molar-refractivity contribution < 1.29 is 14.0 Å². The van der Waals surface area contributed by atoms with Crippen molar-refractivity contribution in [2.75, 3.05) is 16.8 Å². The summed E-state index contributed by atoms with van der Waals surface area (Å²) in [6.45, 7) is 2.50. The maximum atomic E-state index is 13.0. The molecule has 1 aliphatic heterocycles. The van der Waals surface area contributed by atoms with Gasteiger partial charge in [-0.1, -0.05) is 25.1 Å². The highest BCUT2D eigenvalue weighted by Gasteiger charge is 2.33. The van der Waals surface area contributed by atoms with Gasteiger partial charge in [-0.3, -0.25) is 4.79 Å². The summed E-state index contributed by atoms with van der Waals surface area (Å²) in [5, 5.41) is 5.52. The van der Waals surface area contributed by atoms with Crippen molar-refractivity contribution in [2.24, 2.45) is 0 Å². The fourth-order valence-corrected chi connectivity index (χ4v) is 2.96. The summed E-state index contributed by atoms with van der Waals surface area (Å²) in [7, 11) is 0. The van der Waals surface area contributed by atoms with Crippen LogP contribution in [0.1, 0.15) is 18.9 Å². The van der Waals surface area contributed by atoms with E-state index in [1.165, 1.54) is 12.1 Å². The molecule has 1 heterocycles. The first-order valence-corrected chi connectivity index (χ1v) is 8.31. The van der Waals surface area contributed by atoms with Gasteiger partial charge in [0.05, 0.1) is 0 Å². The molecule has 2 N–H and O–H groups in total. The van der Waals surface area contributed by atoms with Crippen LogP contribution in [0.25, 0.3) is 0 Å². The van der Waals surface area contributed by atoms with Crippen molar-refractivity contribution in [2.45, 2.75) is 25.8 Å². The van der Waals surface area contributed by atoms with Gasteiger partial charge in [0, 0.05) is 17.9 Å². The molecular weight excluding hydrogens is 321 g/mol. The van der Waals surface area contributed by atoms with Crippen LogP contribution in [0.4, 0.5) is 20.6 Å². The Balaban J connectivity index is 1.62. The molecule has 130 valence electrons. The maximum absolute atomic E-state index is 13.0. The summed E-state index contributed by atoms with van der Waals surface area (Å²) in [5.74, 6) is -0.537. The van der Waals surface area contributed by atoms with Crippen molar-refractivity contribution in [3.05, 3.63) is 59.9 Å². The van der Waals surface area contributed by atoms with Gasteiger partial charge in [0.15, 0.2) is 0 Å². The van der Waals surface area contributed by atoms with E-state index >= 15 is 0 Å². The average molecular weight is 341 g/mol. The van der Waals surface area contributed by atoms with E-state index in [0.717, 1.165) is 17.7 Å². The van der Waals surface area contributed by atoms with E-state index in [2.05, 4.69) is 10.6 Å². The van der Waals surface area contributed by atoms with Gasteiger partial charge in [0.2, 0.25) is 5.91 Å². The number of nitrogens with one attached hydrogen (secondary N) is 2. The number of nitrogens with zero attached hydrogens (tertiary/aromatic N) is 1. The Morgan fingerprint density at radius 1 is 1.20 bits per heavy atom. The number of para-hydroxylation sites is 1. The number of benzene rings is 2. The number of carbonyl (C=O) groups excluding carboxylic acids is 2. The third-order valence-corrected chi connectivity index (χ3v) is 4.30. The highest BCUT2D eigenvalue weighted by atomic mass is 19.1. The zero-order valence-electron chi connectivity index (χ0n) is 14.0. The quantitative estimate of drug-likeness (QED) is 0.896. The highest BCUT2D eigenvalue weighted by Crippen LogP contribution is 2.22. The van der Waals surface area contributed by atoms with Gasteiger partial charge in [-0.25, -0.2) is 9.18 Å². The fourth-order valence-electron chi connectivity index (χ4n) is 2.96. The molecule has 0 spiro atoms. The number of aryl methyl sites for hydroxylation is 1. The zero-order chi connectivity index (χ0) is 17.8. The Morgan fingerprint density at radius 3 is 2.64 bits per heavy atom. The third kappa shape index (κ3) is 3.79. The number of urea groups is 1. The first-order chi connectivity index (χ1) is 12.1. The molecule has 6 heteroatoms. The van der Waals surface area contributed by atoms with Crippen LogP contribution in [0.2, 0.25) is 0 Å². The predicted molar refractivity (Wildman–Crippen MR) is 95.1 cm³/mol. The van der Waals surface area contributed by atoms with E-state index < -0.39 is 12.1 Å². The summed E-state index contributed by atoms with van der Waals surface area (Å²) in [6, 6.07) is 12.3. The Hall–Kier alpha value is -2.89. The number of anilines is 2. The lowest BCUT2D eigenvalue weighted by Crippen LogP contribution is -2.43. The summed E-state index contributed by atoms with van der Waals surface area (Å²) in [6.07, 6.45) is 1.32. The van der Waals surface area contributed by atoms with Gasteiger partial charge in [0.1, 0.15) is 11.9 Å². The highest BCUT2D eigenvalue weighted by molar-refractivity contribution is 6.02. The molecule has 3 rings (SSSR count). The Morgan fingerprint density at radius 2 is 1.92 bits per heavy atom. The molecule has 1 unspecified atom stereocenters. The molecule has 1 aliphatic rings. The molecule has 3 amide bonds. The largest absolute Gasteiger partial charge is 0.326 e. The van der Waals surface area contributed by atoms with Crippen molar-refractivity contribution in [1.29, 1.82) is 0 Å². The molecule has 1 atom stereocenters. The first-order valence-electron chi connectivity index (χ1n) is 8.31. The van der Waals surface area contributed by atoms with Crippen molar-refractivity contribution in [3.8, 4) is 0 Å². The molecule has 0 aliphatic carbocycles. The molecule has 5 nitrogen and oxygen atoms in total. The number of halogens is 1. The molecule has 1 saturated heterocycles. The molecule has 0 radical (unpaired) electrons.